The van der Waals surface area contributed by atoms with E-state index in [0.29, 0.717) is 13.0 Å². The van der Waals surface area contributed by atoms with Crippen molar-refractivity contribution in [2.45, 2.75) is 26.0 Å². The molecule has 0 bridgehead atoms. The Bertz CT molecular complexity index is 470. The molecular formula is C14H18N2OS. The van der Waals surface area contributed by atoms with E-state index in [1.165, 1.54) is 10.4 Å². The Labute approximate surface area is 112 Å². The molecule has 2 rings (SSSR count). The van der Waals surface area contributed by atoms with Crippen LogP contribution in [0.15, 0.2) is 35.8 Å². The largest absolute Gasteiger partial charge is 0.391 e. The first-order chi connectivity index (χ1) is 8.75. The number of hydrogen-bond acceptors (Lipinski definition) is 4. The fourth-order valence-corrected chi connectivity index (χ4v) is 2.55. The van der Waals surface area contributed by atoms with Crippen LogP contribution in [0.3, 0.4) is 0 Å². The fraction of sp³-hybridized carbons (Fsp3) is 0.357. The van der Waals surface area contributed by atoms with E-state index in [-0.39, 0.29) is 6.10 Å². The number of rotatable bonds is 6. The summed E-state index contributed by atoms with van der Waals surface area (Å²) in [5, 5.41) is 13.2. The van der Waals surface area contributed by atoms with Crippen molar-refractivity contribution in [3.05, 3.63) is 52.0 Å². The SMILES string of the molecule is Cc1ncsc1CNCC(O)Cc1ccccc1. The van der Waals surface area contributed by atoms with Gasteiger partial charge >= 0.3 is 0 Å². The number of aromatic nitrogens is 1. The average molecular weight is 262 g/mol. The molecule has 0 radical (unpaired) electrons. The quantitative estimate of drug-likeness (QED) is 0.838. The number of aliphatic hydroxyl groups excluding tert-OH is 1. The summed E-state index contributed by atoms with van der Waals surface area (Å²) in [5.41, 5.74) is 4.10. The fourth-order valence-electron chi connectivity index (χ4n) is 1.81. The van der Waals surface area contributed by atoms with Gasteiger partial charge in [0.2, 0.25) is 0 Å². The molecule has 0 spiro atoms. The molecule has 1 atom stereocenters. The Kier molecular flexibility index (Phi) is 4.87. The highest BCUT2D eigenvalue weighted by molar-refractivity contribution is 7.09. The van der Waals surface area contributed by atoms with Crippen LogP contribution in [0.1, 0.15) is 16.1 Å². The van der Waals surface area contributed by atoms with E-state index in [1.54, 1.807) is 11.3 Å². The second-order valence-electron chi connectivity index (χ2n) is 4.34. The van der Waals surface area contributed by atoms with E-state index in [4.69, 9.17) is 0 Å². The molecule has 0 saturated heterocycles. The third-order valence-electron chi connectivity index (χ3n) is 2.82. The van der Waals surface area contributed by atoms with Gasteiger partial charge in [0.25, 0.3) is 0 Å². The highest BCUT2D eigenvalue weighted by Gasteiger charge is 2.06. The summed E-state index contributed by atoms with van der Waals surface area (Å²) in [6, 6.07) is 10.1. The summed E-state index contributed by atoms with van der Waals surface area (Å²) >= 11 is 1.65. The van der Waals surface area contributed by atoms with Gasteiger partial charge in [-0.2, -0.15) is 0 Å². The molecule has 0 aliphatic carbocycles. The van der Waals surface area contributed by atoms with Crippen molar-refractivity contribution < 1.29 is 5.11 Å². The maximum Gasteiger partial charge on any atom is 0.0798 e. The number of aliphatic hydroxyl groups is 1. The molecule has 0 saturated carbocycles. The highest BCUT2D eigenvalue weighted by Crippen LogP contribution is 2.11. The molecule has 18 heavy (non-hydrogen) atoms. The van der Waals surface area contributed by atoms with E-state index >= 15 is 0 Å². The molecular weight excluding hydrogens is 244 g/mol. The topological polar surface area (TPSA) is 45.2 Å². The molecule has 3 nitrogen and oxygen atoms in total. The maximum absolute atomic E-state index is 9.93. The van der Waals surface area contributed by atoms with Gasteiger partial charge in [-0.3, -0.25) is 0 Å². The number of hydrogen-bond donors (Lipinski definition) is 2. The summed E-state index contributed by atoms with van der Waals surface area (Å²) in [7, 11) is 0. The summed E-state index contributed by atoms with van der Waals surface area (Å²) in [6.07, 6.45) is 0.343. The zero-order valence-electron chi connectivity index (χ0n) is 10.5. The van der Waals surface area contributed by atoms with E-state index < -0.39 is 0 Å². The van der Waals surface area contributed by atoms with Crippen molar-refractivity contribution in [1.82, 2.24) is 10.3 Å². The van der Waals surface area contributed by atoms with Crippen molar-refractivity contribution in [3.8, 4) is 0 Å². The van der Waals surface area contributed by atoms with Crippen LogP contribution in [0.25, 0.3) is 0 Å². The minimum absolute atomic E-state index is 0.347. The second-order valence-corrected chi connectivity index (χ2v) is 5.27. The lowest BCUT2D eigenvalue weighted by molar-refractivity contribution is 0.171. The van der Waals surface area contributed by atoms with Gasteiger partial charge in [0.05, 0.1) is 17.3 Å². The number of thiazole rings is 1. The molecule has 1 aromatic heterocycles. The third-order valence-corrected chi connectivity index (χ3v) is 3.76. The lowest BCUT2D eigenvalue weighted by Crippen LogP contribution is -2.28. The lowest BCUT2D eigenvalue weighted by Gasteiger charge is -2.11. The number of benzene rings is 1. The van der Waals surface area contributed by atoms with Crippen molar-refractivity contribution >= 4 is 11.3 Å². The molecule has 1 heterocycles. The van der Waals surface area contributed by atoms with Crippen LogP contribution < -0.4 is 5.32 Å². The minimum atomic E-state index is -0.347. The van der Waals surface area contributed by atoms with E-state index in [1.807, 2.05) is 42.8 Å². The van der Waals surface area contributed by atoms with Gasteiger partial charge in [-0.1, -0.05) is 30.3 Å². The smallest absolute Gasteiger partial charge is 0.0798 e. The van der Waals surface area contributed by atoms with Gasteiger partial charge in [0.1, 0.15) is 0 Å². The van der Waals surface area contributed by atoms with Crippen LogP contribution in [0.2, 0.25) is 0 Å². The van der Waals surface area contributed by atoms with Gasteiger partial charge in [0, 0.05) is 18.0 Å². The monoisotopic (exact) mass is 262 g/mol. The van der Waals surface area contributed by atoms with Crippen LogP contribution >= 0.6 is 11.3 Å². The number of nitrogens with zero attached hydrogens (tertiary/aromatic N) is 1. The van der Waals surface area contributed by atoms with Crippen molar-refractivity contribution in [1.29, 1.82) is 0 Å². The maximum atomic E-state index is 9.93. The van der Waals surface area contributed by atoms with E-state index in [9.17, 15) is 5.11 Å². The molecule has 2 N–H and O–H groups in total. The van der Waals surface area contributed by atoms with Crippen LogP contribution in [0.4, 0.5) is 0 Å². The Balaban J connectivity index is 1.72. The zero-order valence-corrected chi connectivity index (χ0v) is 11.3. The van der Waals surface area contributed by atoms with Crippen molar-refractivity contribution in [2.75, 3.05) is 6.54 Å². The van der Waals surface area contributed by atoms with Crippen LogP contribution in [0, 0.1) is 6.92 Å². The van der Waals surface area contributed by atoms with Gasteiger partial charge in [-0.05, 0) is 18.9 Å². The van der Waals surface area contributed by atoms with Crippen LogP contribution in [-0.4, -0.2) is 22.7 Å². The molecule has 96 valence electrons. The summed E-state index contributed by atoms with van der Waals surface area (Å²) in [4.78, 5) is 5.44. The number of aryl methyl sites for hydroxylation is 1. The third kappa shape index (κ3) is 3.91. The lowest BCUT2D eigenvalue weighted by atomic mass is 10.1. The molecule has 0 fully saturated rings. The Morgan fingerprint density at radius 2 is 2.11 bits per heavy atom. The molecule has 1 aromatic carbocycles. The van der Waals surface area contributed by atoms with Crippen molar-refractivity contribution in [3.63, 3.8) is 0 Å². The van der Waals surface area contributed by atoms with E-state index in [2.05, 4.69) is 10.3 Å². The number of nitrogens with one attached hydrogen (secondary N) is 1. The normalized spacial score (nSPS) is 12.6. The highest BCUT2D eigenvalue weighted by atomic mass is 32.1. The average Bonchev–Trinajstić information content (AvgIpc) is 2.76. The van der Waals surface area contributed by atoms with Gasteiger partial charge in [-0.15, -0.1) is 11.3 Å². The van der Waals surface area contributed by atoms with Crippen LogP contribution in [0.5, 0.6) is 0 Å². The Morgan fingerprint density at radius 3 is 2.78 bits per heavy atom. The first-order valence-corrected chi connectivity index (χ1v) is 6.95. The summed E-state index contributed by atoms with van der Waals surface area (Å²) in [6.45, 7) is 3.39. The first-order valence-electron chi connectivity index (χ1n) is 6.07. The Hall–Kier alpha value is -1.23. The van der Waals surface area contributed by atoms with Crippen molar-refractivity contribution in [2.24, 2.45) is 0 Å². The summed E-state index contributed by atoms with van der Waals surface area (Å²) < 4.78 is 0. The van der Waals surface area contributed by atoms with Gasteiger partial charge < -0.3 is 10.4 Å². The standard InChI is InChI=1S/C14H18N2OS/c1-11-14(18-10-16-11)9-15-8-13(17)7-12-5-3-2-4-6-12/h2-6,10,13,15,17H,7-9H2,1H3. The molecule has 0 amide bonds. The predicted octanol–water partition coefficient (Wildman–Crippen LogP) is 2.14. The Morgan fingerprint density at radius 1 is 1.33 bits per heavy atom. The van der Waals surface area contributed by atoms with Crippen LogP contribution in [-0.2, 0) is 13.0 Å². The van der Waals surface area contributed by atoms with E-state index in [0.717, 1.165) is 12.2 Å². The first kappa shape index (κ1) is 13.2. The second kappa shape index (κ2) is 6.64. The minimum Gasteiger partial charge on any atom is -0.391 e. The molecule has 2 aromatic rings. The van der Waals surface area contributed by atoms with Gasteiger partial charge in [0.15, 0.2) is 0 Å². The molecule has 0 aliphatic rings. The molecule has 4 heteroatoms. The summed E-state index contributed by atoms with van der Waals surface area (Å²) in [5.74, 6) is 0. The molecule has 0 aliphatic heterocycles. The van der Waals surface area contributed by atoms with Gasteiger partial charge in [-0.25, -0.2) is 4.98 Å². The predicted molar refractivity (Wildman–Crippen MR) is 74.7 cm³/mol. The zero-order chi connectivity index (χ0) is 12.8. The molecule has 1 unspecified atom stereocenters.